The summed E-state index contributed by atoms with van der Waals surface area (Å²) in [5.41, 5.74) is 0. The Labute approximate surface area is 96.4 Å². The zero-order chi connectivity index (χ0) is 11.4. The minimum absolute atomic E-state index is 0.139. The molecule has 1 saturated heterocycles. The first-order valence-electron chi connectivity index (χ1n) is 6.29. The van der Waals surface area contributed by atoms with E-state index in [1.54, 1.807) is 0 Å². The van der Waals surface area contributed by atoms with Crippen LogP contribution in [0.4, 0.5) is 0 Å². The van der Waals surface area contributed by atoms with Crippen molar-refractivity contribution in [1.29, 1.82) is 0 Å². The summed E-state index contributed by atoms with van der Waals surface area (Å²) in [5.74, 6) is 0.781. The quantitative estimate of drug-likeness (QED) is 0.746. The van der Waals surface area contributed by atoms with Crippen LogP contribution < -0.4 is 5.32 Å². The van der Waals surface area contributed by atoms with E-state index in [2.05, 4.69) is 5.32 Å². The molecule has 1 saturated carbocycles. The van der Waals surface area contributed by atoms with Crippen molar-refractivity contribution in [3.8, 4) is 0 Å². The van der Waals surface area contributed by atoms with Crippen LogP contribution in [-0.2, 0) is 9.53 Å². The maximum atomic E-state index is 11.8. The van der Waals surface area contributed by atoms with Gasteiger partial charge in [-0.25, -0.2) is 0 Å². The first-order chi connectivity index (χ1) is 7.75. The van der Waals surface area contributed by atoms with Gasteiger partial charge in [-0.05, 0) is 38.0 Å². The molecule has 1 aliphatic heterocycles. The summed E-state index contributed by atoms with van der Waals surface area (Å²) in [6, 6.07) is 0. The second kappa shape index (κ2) is 5.64. The van der Waals surface area contributed by atoms with Crippen LogP contribution in [0.1, 0.15) is 32.1 Å². The molecule has 0 radical (unpaired) electrons. The smallest absolute Gasteiger partial charge is 0.223 e. The molecule has 4 heteroatoms. The molecule has 16 heavy (non-hydrogen) atoms. The number of hydrogen-bond donors (Lipinski definition) is 2. The monoisotopic (exact) mass is 227 g/mol. The molecule has 2 aliphatic rings. The molecule has 2 rings (SSSR count). The molecule has 0 aromatic heterocycles. The standard InChI is InChI=1S/C12H21NO3/c14-11-2-1-9(7-11)8-13-12(15)10-3-5-16-6-4-10/h9-11,14H,1-8H2,(H,13,15). The lowest BCUT2D eigenvalue weighted by Crippen LogP contribution is -2.36. The normalized spacial score (nSPS) is 31.6. The van der Waals surface area contributed by atoms with Crippen LogP contribution in [0.25, 0.3) is 0 Å². The van der Waals surface area contributed by atoms with Gasteiger partial charge in [0.1, 0.15) is 0 Å². The average Bonchev–Trinajstić information content (AvgIpc) is 2.73. The highest BCUT2D eigenvalue weighted by molar-refractivity contribution is 5.78. The van der Waals surface area contributed by atoms with E-state index < -0.39 is 0 Å². The Kier molecular flexibility index (Phi) is 4.18. The number of aliphatic hydroxyl groups is 1. The maximum Gasteiger partial charge on any atom is 0.223 e. The summed E-state index contributed by atoms with van der Waals surface area (Å²) in [7, 11) is 0. The van der Waals surface area contributed by atoms with Crippen LogP contribution >= 0.6 is 0 Å². The van der Waals surface area contributed by atoms with Gasteiger partial charge in [0.15, 0.2) is 0 Å². The van der Waals surface area contributed by atoms with Crippen molar-refractivity contribution in [2.24, 2.45) is 11.8 Å². The Bertz CT molecular complexity index is 238. The molecule has 2 N–H and O–H groups in total. The van der Waals surface area contributed by atoms with Gasteiger partial charge in [0.25, 0.3) is 0 Å². The van der Waals surface area contributed by atoms with Crippen molar-refractivity contribution in [2.45, 2.75) is 38.2 Å². The lowest BCUT2D eigenvalue weighted by molar-refractivity contribution is -0.128. The summed E-state index contributed by atoms with van der Waals surface area (Å²) in [6.07, 6.45) is 4.31. The van der Waals surface area contributed by atoms with Crippen LogP contribution in [0.15, 0.2) is 0 Å². The van der Waals surface area contributed by atoms with Crippen molar-refractivity contribution >= 4 is 5.91 Å². The summed E-state index contributed by atoms with van der Waals surface area (Å²) < 4.78 is 5.23. The zero-order valence-electron chi connectivity index (χ0n) is 9.65. The van der Waals surface area contributed by atoms with E-state index in [0.29, 0.717) is 19.1 Å². The Balaban J connectivity index is 1.66. The molecule has 2 unspecified atom stereocenters. The van der Waals surface area contributed by atoms with Gasteiger partial charge in [-0.3, -0.25) is 4.79 Å². The van der Waals surface area contributed by atoms with Gasteiger partial charge in [-0.2, -0.15) is 0 Å². The maximum absolute atomic E-state index is 11.8. The van der Waals surface area contributed by atoms with Crippen LogP contribution in [0.3, 0.4) is 0 Å². The molecule has 2 atom stereocenters. The fourth-order valence-electron chi connectivity index (χ4n) is 2.58. The average molecular weight is 227 g/mol. The van der Waals surface area contributed by atoms with E-state index >= 15 is 0 Å². The van der Waals surface area contributed by atoms with Gasteiger partial charge in [-0.15, -0.1) is 0 Å². The van der Waals surface area contributed by atoms with E-state index in [1.807, 2.05) is 0 Å². The van der Waals surface area contributed by atoms with Crippen molar-refractivity contribution in [2.75, 3.05) is 19.8 Å². The Hall–Kier alpha value is -0.610. The fourth-order valence-corrected chi connectivity index (χ4v) is 2.58. The molecular formula is C12H21NO3. The van der Waals surface area contributed by atoms with Crippen molar-refractivity contribution in [3.63, 3.8) is 0 Å². The number of carbonyl (C=O) groups is 1. The number of hydrogen-bond acceptors (Lipinski definition) is 3. The van der Waals surface area contributed by atoms with Crippen molar-refractivity contribution < 1.29 is 14.6 Å². The lowest BCUT2D eigenvalue weighted by Gasteiger charge is -2.22. The second-order valence-electron chi connectivity index (χ2n) is 4.96. The van der Waals surface area contributed by atoms with Gasteiger partial charge in [-0.1, -0.05) is 0 Å². The van der Waals surface area contributed by atoms with E-state index in [9.17, 15) is 9.90 Å². The van der Waals surface area contributed by atoms with Crippen LogP contribution in [0.5, 0.6) is 0 Å². The second-order valence-corrected chi connectivity index (χ2v) is 4.96. The predicted octanol–water partition coefficient (Wildman–Crippen LogP) is 0.690. The van der Waals surface area contributed by atoms with Crippen molar-refractivity contribution in [1.82, 2.24) is 5.32 Å². The number of nitrogens with one attached hydrogen (secondary N) is 1. The first kappa shape index (κ1) is 11.9. The number of carbonyl (C=O) groups excluding carboxylic acids is 1. The summed E-state index contributed by atoms with van der Waals surface area (Å²) >= 11 is 0. The number of ether oxygens (including phenoxy) is 1. The van der Waals surface area contributed by atoms with E-state index in [-0.39, 0.29) is 17.9 Å². The Morgan fingerprint density at radius 1 is 1.25 bits per heavy atom. The fraction of sp³-hybridized carbons (Fsp3) is 0.917. The molecule has 92 valence electrons. The van der Waals surface area contributed by atoms with E-state index in [0.717, 1.165) is 38.6 Å². The molecule has 4 nitrogen and oxygen atoms in total. The minimum Gasteiger partial charge on any atom is -0.393 e. The van der Waals surface area contributed by atoms with Crippen LogP contribution in [0.2, 0.25) is 0 Å². The molecule has 1 aliphatic carbocycles. The molecule has 0 aromatic carbocycles. The molecule has 0 spiro atoms. The van der Waals surface area contributed by atoms with Gasteiger partial charge < -0.3 is 15.2 Å². The van der Waals surface area contributed by atoms with E-state index in [1.165, 1.54) is 0 Å². The predicted molar refractivity (Wildman–Crippen MR) is 59.9 cm³/mol. The topological polar surface area (TPSA) is 58.6 Å². The molecular weight excluding hydrogens is 206 g/mol. The third kappa shape index (κ3) is 3.19. The molecule has 2 fully saturated rings. The van der Waals surface area contributed by atoms with Gasteiger partial charge >= 0.3 is 0 Å². The van der Waals surface area contributed by atoms with Gasteiger partial charge in [0.05, 0.1) is 6.10 Å². The zero-order valence-corrected chi connectivity index (χ0v) is 9.65. The third-order valence-corrected chi connectivity index (χ3v) is 3.67. The summed E-state index contributed by atoms with van der Waals surface area (Å²) in [6.45, 7) is 2.15. The summed E-state index contributed by atoms with van der Waals surface area (Å²) in [4.78, 5) is 11.8. The Morgan fingerprint density at radius 3 is 2.62 bits per heavy atom. The highest BCUT2D eigenvalue weighted by Crippen LogP contribution is 2.24. The Morgan fingerprint density at radius 2 is 2.00 bits per heavy atom. The number of amides is 1. The highest BCUT2D eigenvalue weighted by Gasteiger charge is 2.25. The SMILES string of the molecule is O=C(NCC1CCC(O)C1)C1CCOCC1. The van der Waals surface area contributed by atoms with Crippen LogP contribution in [0, 0.1) is 11.8 Å². The molecule has 0 bridgehead atoms. The number of rotatable bonds is 3. The van der Waals surface area contributed by atoms with E-state index in [4.69, 9.17) is 4.74 Å². The van der Waals surface area contributed by atoms with Gasteiger partial charge in [0.2, 0.25) is 5.91 Å². The first-order valence-corrected chi connectivity index (χ1v) is 6.29. The minimum atomic E-state index is -0.148. The van der Waals surface area contributed by atoms with Crippen molar-refractivity contribution in [3.05, 3.63) is 0 Å². The number of aliphatic hydroxyl groups excluding tert-OH is 1. The lowest BCUT2D eigenvalue weighted by atomic mass is 9.99. The molecule has 0 aromatic rings. The van der Waals surface area contributed by atoms with Gasteiger partial charge in [0, 0.05) is 25.7 Å². The molecule has 1 heterocycles. The molecule has 1 amide bonds. The largest absolute Gasteiger partial charge is 0.393 e. The summed E-state index contributed by atoms with van der Waals surface area (Å²) in [5, 5.41) is 12.4. The third-order valence-electron chi connectivity index (χ3n) is 3.67. The van der Waals surface area contributed by atoms with Crippen LogP contribution in [-0.4, -0.2) is 36.9 Å². The highest BCUT2D eigenvalue weighted by atomic mass is 16.5.